The third-order valence-electron chi connectivity index (χ3n) is 3.12. The number of carbonyl (C=O) groups excluding carboxylic acids is 1. The molecular weight excluding hydrogens is 313 g/mol. The van der Waals surface area contributed by atoms with Gasteiger partial charge in [0.1, 0.15) is 5.75 Å². The van der Waals surface area contributed by atoms with E-state index < -0.39 is 18.4 Å². The molecule has 0 bridgehead atoms. The number of rotatable bonds is 4. The van der Waals surface area contributed by atoms with E-state index >= 15 is 0 Å². The fourth-order valence-electron chi connectivity index (χ4n) is 2.19. The van der Waals surface area contributed by atoms with Crippen LogP contribution in [0.15, 0.2) is 12.1 Å². The summed E-state index contributed by atoms with van der Waals surface area (Å²) < 4.78 is 41.3. The Labute approximate surface area is 131 Å². The molecule has 0 aliphatic carbocycles. The molecule has 23 heavy (non-hydrogen) atoms. The Balaban J connectivity index is 3.52. The third kappa shape index (κ3) is 4.51. The molecule has 6 nitrogen and oxygen atoms in total. The molecule has 1 aromatic carbocycles. The first kappa shape index (κ1) is 18.6. The molecule has 0 radical (unpaired) electrons. The molecular formula is C14H19F3N4O2. The number of nitrogens with one attached hydrogen (secondary N) is 2. The van der Waals surface area contributed by atoms with E-state index in [0.29, 0.717) is 29.7 Å². The van der Waals surface area contributed by atoms with Crippen LogP contribution < -0.4 is 20.7 Å². The Bertz CT molecular complexity index is 577. The summed E-state index contributed by atoms with van der Waals surface area (Å²) >= 11 is 0. The molecule has 0 saturated heterocycles. The summed E-state index contributed by atoms with van der Waals surface area (Å²) in [7, 11) is 1.37. The van der Waals surface area contributed by atoms with E-state index in [9.17, 15) is 18.0 Å². The maximum atomic E-state index is 12.4. The molecule has 0 unspecified atom stereocenters. The van der Waals surface area contributed by atoms with Gasteiger partial charge in [-0.2, -0.15) is 0 Å². The number of nitrogens with two attached hydrogens (primary N) is 1. The lowest BCUT2D eigenvalue weighted by atomic mass is 10.0. The topological polar surface area (TPSA) is 91.4 Å². The van der Waals surface area contributed by atoms with E-state index in [-0.39, 0.29) is 5.75 Å². The SMILES string of the molecule is CCc1cc(OC(F)(F)F)cc(CC)c1N(C(=N)N)C(=O)NC. The quantitative estimate of drug-likeness (QED) is 0.585. The van der Waals surface area contributed by atoms with Crippen LogP contribution in [0.25, 0.3) is 0 Å². The number of benzene rings is 1. The summed E-state index contributed by atoms with van der Waals surface area (Å²) in [6.07, 6.45) is -4.14. The lowest BCUT2D eigenvalue weighted by molar-refractivity contribution is -0.274. The number of nitrogens with zero attached hydrogens (tertiary/aromatic N) is 1. The van der Waals surface area contributed by atoms with E-state index in [1.807, 2.05) is 0 Å². The van der Waals surface area contributed by atoms with Crippen LogP contribution in [0.1, 0.15) is 25.0 Å². The van der Waals surface area contributed by atoms with Crippen molar-refractivity contribution >= 4 is 17.7 Å². The normalized spacial score (nSPS) is 11.0. The van der Waals surface area contributed by atoms with Crippen LogP contribution in [-0.2, 0) is 12.8 Å². The highest BCUT2D eigenvalue weighted by Gasteiger charge is 2.32. The van der Waals surface area contributed by atoms with Crippen LogP contribution in [0, 0.1) is 5.41 Å². The number of urea groups is 1. The second-order valence-electron chi connectivity index (χ2n) is 4.62. The molecule has 9 heteroatoms. The maximum absolute atomic E-state index is 12.4. The van der Waals surface area contributed by atoms with Crippen molar-refractivity contribution in [2.24, 2.45) is 5.73 Å². The third-order valence-corrected chi connectivity index (χ3v) is 3.12. The number of ether oxygens (including phenoxy) is 1. The number of hydrogen-bond donors (Lipinski definition) is 3. The lowest BCUT2D eigenvalue weighted by Gasteiger charge is -2.26. The summed E-state index contributed by atoms with van der Waals surface area (Å²) in [6, 6.07) is 1.74. The maximum Gasteiger partial charge on any atom is 0.573 e. The molecule has 4 N–H and O–H groups in total. The number of halogens is 3. The van der Waals surface area contributed by atoms with Crippen molar-refractivity contribution in [3.63, 3.8) is 0 Å². The van der Waals surface area contributed by atoms with Crippen molar-refractivity contribution in [1.82, 2.24) is 5.32 Å². The van der Waals surface area contributed by atoms with Gasteiger partial charge in [0.2, 0.25) is 5.96 Å². The second kappa shape index (κ2) is 7.21. The zero-order valence-corrected chi connectivity index (χ0v) is 13.0. The standard InChI is InChI=1S/C14H19F3N4O2/c1-4-8-6-10(23-14(15,16)17)7-9(5-2)11(8)21(12(18)19)13(22)20-3/h6-7H,4-5H2,1-3H3,(H3,18,19)(H,20,22). The number of anilines is 1. The summed E-state index contributed by atoms with van der Waals surface area (Å²) in [5.74, 6) is -0.895. The number of guanidine groups is 1. The number of aryl methyl sites for hydroxylation is 2. The van der Waals surface area contributed by atoms with Gasteiger partial charge < -0.3 is 15.8 Å². The molecule has 0 aromatic heterocycles. The van der Waals surface area contributed by atoms with Gasteiger partial charge in [-0.25, -0.2) is 9.69 Å². The molecule has 128 valence electrons. The minimum Gasteiger partial charge on any atom is -0.406 e. The largest absolute Gasteiger partial charge is 0.573 e. The predicted octanol–water partition coefficient (Wildman–Crippen LogP) is 2.75. The molecule has 1 aromatic rings. The Morgan fingerprint density at radius 1 is 1.30 bits per heavy atom. The van der Waals surface area contributed by atoms with Crippen LogP contribution in [-0.4, -0.2) is 25.4 Å². The number of hydrogen-bond acceptors (Lipinski definition) is 3. The first-order valence-electron chi connectivity index (χ1n) is 6.91. The monoisotopic (exact) mass is 332 g/mol. The van der Waals surface area contributed by atoms with Gasteiger partial charge >= 0.3 is 12.4 Å². The summed E-state index contributed by atoms with van der Waals surface area (Å²) in [6.45, 7) is 3.44. The van der Waals surface area contributed by atoms with Crippen LogP contribution in [0.4, 0.5) is 23.7 Å². The fraction of sp³-hybridized carbons (Fsp3) is 0.429. The van der Waals surface area contributed by atoms with Crippen LogP contribution >= 0.6 is 0 Å². The predicted molar refractivity (Wildman–Crippen MR) is 80.7 cm³/mol. The lowest BCUT2D eigenvalue weighted by Crippen LogP contribution is -2.47. The average Bonchev–Trinajstić information content (AvgIpc) is 2.45. The van der Waals surface area contributed by atoms with E-state index in [1.165, 1.54) is 19.2 Å². The number of alkyl halides is 3. The minimum atomic E-state index is -4.81. The van der Waals surface area contributed by atoms with Crippen molar-refractivity contribution in [3.05, 3.63) is 23.3 Å². The highest BCUT2D eigenvalue weighted by atomic mass is 19.4. The van der Waals surface area contributed by atoms with E-state index in [1.54, 1.807) is 13.8 Å². The van der Waals surface area contributed by atoms with Crippen molar-refractivity contribution in [3.8, 4) is 5.75 Å². The molecule has 0 spiro atoms. The molecule has 1 rings (SSSR count). The highest BCUT2D eigenvalue weighted by molar-refractivity contribution is 6.14. The Morgan fingerprint density at radius 3 is 2.09 bits per heavy atom. The fourth-order valence-corrected chi connectivity index (χ4v) is 2.19. The average molecular weight is 332 g/mol. The van der Waals surface area contributed by atoms with Crippen molar-refractivity contribution in [1.29, 1.82) is 5.41 Å². The summed E-state index contributed by atoms with van der Waals surface area (Å²) in [5, 5.41) is 9.95. The molecule has 0 aliphatic rings. The first-order chi connectivity index (χ1) is 10.6. The zero-order valence-electron chi connectivity index (χ0n) is 13.0. The van der Waals surface area contributed by atoms with E-state index in [4.69, 9.17) is 11.1 Å². The molecule has 0 heterocycles. The molecule has 0 saturated carbocycles. The molecule has 0 atom stereocenters. The van der Waals surface area contributed by atoms with E-state index in [0.717, 1.165) is 4.90 Å². The Kier molecular flexibility index (Phi) is 5.83. The number of carbonyl (C=O) groups is 1. The smallest absolute Gasteiger partial charge is 0.406 e. The van der Waals surface area contributed by atoms with Gasteiger partial charge in [0.15, 0.2) is 0 Å². The van der Waals surface area contributed by atoms with Gasteiger partial charge in [0, 0.05) is 7.05 Å². The van der Waals surface area contributed by atoms with Gasteiger partial charge in [-0.3, -0.25) is 5.41 Å². The van der Waals surface area contributed by atoms with Crippen LogP contribution in [0.2, 0.25) is 0 Å². The second-order valence-corrected chi connectivity index (χ2v) is 4.62. The zero-order chi connectivity index (χ0) is 17.8. The van der Waals surface area contributed by atoms with Crippen LogP contribution in [0.5, 0.6) is 5.75 Å². The van der Waals surface area contributed by atoms with Gasteiger partial charge in [0.25, 0.3) is 0 Å². The van der Waals surface area contributed by atoms with Gasteiger partial charge in [-0.15, -0.1) is 13.2 Å². The summed E-state index contributed by atoms with van der Waals surface area (Å²) in [4.78, 5) is 12.9. The molecule has 0 aliphatic heterocycles. The Hall–Kier alpha value is -2.45. The summed E-state index contributed by atoms with van der Waals surface area (Å²) in [5.41, 5.74) is 6.61. The van der Waals surface area contributed by atoms with Gasteiger partial charge in [0.05, 0.1) is 5.69 Å². The van der Waals surface area contributed by atoms with Crippen molar-refractivity contribution in [2.75, 3.05) is 11.9 Å². The Morgan fingerprint density at radius 2 is 1.78 bits per heavy atom. The first-order valence-corrected chi connectivity index (χ1v) is 6.91. The molecule has 0 fully saturated rings. The van der Waals surface area contributed by atoms with E-state index in [2.05, 4.69) is 10.1 Å². The minimum absolute atomic E-state index is 0.302. The van der Waals surface area contributed by atoms with Crippen molar-refractivity contribution < 1.29 is 22.7 Å². The van der Waals surface area contributed by atoms with Crippen molar-refractivity contribution in [2.45, 2.75) is 33.1 Å². The van der Waals surface area contributed by atoms with Crippen LogP contribution in [0.3, 0.4) is 0 Å². The highest BCUT2D eigenvalue weighted by Crippen LogP contribution is 2.34. The molecule has 2 amide bonds. The number of amides is 2. The van der Waals surface area contributed by atoms with Gasteiger partial charge in [-0.05, 0) is 36.1 Å². The van der Waals surface area contributed by atoms with Gasteiger partial charge in [-0.1, -0.05) is 13.8 Å².